The number of carbonyl (C=O) groups excluding carboxylic acids is 1. The number of nitrogens with zero attached hydrogens (tertiary/aromatic N) is 4. The molecule has 1 amide bonds. The van der Waals surface area contributed by atoms with Gasteiger partial charge >= 0.3 is 0 Å². The van der Waals surface area contributed by atoms with Crippen molar-refractivity contribution >= 4 is 12.0 Å². The summed E-state index contributed by atoms with van der Waals surface area (Å²) in [4.78, 5) is 20.7. The summed E-state index contributed by atoms with van der Waals surface area (Å²) >= 11 is 0. The number of hydrogen-bond donors (Lipinski definition) is 0. The molecule has 3 heterocycles. The SMILES string of the molecule is Cc1noc(C)c1CN1CCN(C(=O)/C=C/c2ccccn2)CC1. The van der Waals surface area contributed by atoms with Crippen LogP contribution in [0.25, 0.3) is 6.08 Å². The molecule has 2 aromatic heterocycles. The summed E-state index contributed by atoms with van der Waals surface area (Å²) in [6.45, 7) is 7.91. The quantitative estimate of drug-likeness (QED) is 0.805. The predicted molar refractivity (Wildman–Crippen MR) is 91.1 cm³/mol. The van der Waals surface area contributed by atoms with Crippen LogP contribution in [0.5, 0.6) is 0 Å². The highest BCUT2D eigenvalue weighted by atomic mass is 16.5. The van der Waals surface area contributed by atoms with Crippen molar-refractivity contribution in [1.29, 1.82) is 0 Å². The molecule has 3 rings (SSSR count). The lowest BCUT2D eigenvalue weighted by Crippen LogP contribution is -2.47. The molecule has 0 bridgehead atoms. The minimum absolute atomic E-state index is 0.0395. The van der Waals surface area contributed by atoms with Crippen molar-refractivity contribution in [3.8, 4) is 0 Å². The van der Waals surface area contributed by atoms with E-state index in [4.69, 9.17) is 4.52 Å². The van der Waals surface area contributed by atoms with Crippen LogP contribution in [0.2, 0.25) is 0 Å². The minimum atomic E-state index is 0.0395. The first-order valence-corrected chi connectivity index (χ1v) is 8.15. The third-order valence-corrected chi connectivity index (χ3v) is 4.33. The Morgan fingerprint density at radius 2 is 2.04 bits per heavy atom. The molecule has 6 heteroatoms. The zero-order chi connectivity index (χ0) is 16.9. The van der Waals surface area contributed by atoms with Gasteiger partial charge < -0.3 is 9.42 Å². The molecule has 24 heavy (non-hydrogen) atoms. The second-order valence-corrected chi connectivity index (χ2v) is 5.99. The molecule has 0 aromatic carbocycles. The molecular weight excluding hydrogens is 304 g/mol. The number of aryl methyl sites for hydroxylation is 2. The molecule has 0 aliphatic carbocycles. The Bertz CT molecular complexity index is 696. The van der Waals surface area contributed by atoms with E-state index in [1.807, 2.05) is 36.9 Å². The number of piperazine rings is 1. The molecule has 1 saturated heterocycles. The smallest absolute Gasteiger partial charge is 0.246 e. The fourth-order valence-corrected chi connectivity index (χ4v) is 2.81. The number of amides is 1. The fourth-order valence-electron chi connectivity index (χ4n) is 2.81. The van der Waals surface area contributed by atoms with E-state index in [2.05, 4.69) is 15.0 Å². The van der Waals surface area contributed by atoms with Crippen molar-refractivity contribution in [2.24, 2.45) is 0 Å². The van der Waals surface area contributed by atoms with Gasteiger partial charge in [-0.25, -0.2) is 0 Å². The van der Waals surface area contributed by atoms with E-state index in [0.29, 0.717) is 0 Å². The van der Waals surface area contributed by atoms with E-state index >= 15 is 0 Å². The van der Waals surface area contributed by atoms with Crippen LogP contribution in [0.4, 0.5) is 0 Å². The molecule has 0 N–H and O–H groups in total. The molecule has 0 atom stereocenters. The van der Waals surface area contributed by atoms with Gasteiger partial charge in [0.1, 0.15) is 5.76 Å². The fraction of sp³-hybridized carbons (Fsp3) is 0.389. The molecule has 0 saturated carbocycles. The first kappa shape index (κ1) is 16.4. The highest BCUT2D eigenvalue weighted by Gasteiger charge is 2.21. The highest BCUT2D eigenvalue weighted by Crippen LogP contribution is 2.16. The van der Waals surface area contributed by atoms with Crippen molar-refractivity contribution in [3.63, 3.8) is 0 Å². The van der Waals surface area contributed by atoms with E-state index < -0.39 is 0 Å². The summed E-state index contributed by atoms with van der Waals surface area (Å²) in [6, 6.07) is 5.65. The Hall–Kier alpha value is -2.47. The highest BCUT2D eigenvalue weighted by molar-refractivity contribution is 5.91. The van der Waals surface area contributed by atoms with Crippen LogP contribution in [-0.2, 0) is 11.3 Å². The minimum Gasteiger partial charge on any atom is -0.361 e. The second kappa shape index (κ2) is 7.40. The third kappa shape index (κ3) is 3.89. The van der Waals surface area contributed by atoms with Crippen LogP contribution in [0.15, 0.2) is 35.0 Å². The molecule has 0 radical (unpaired) electrons. The lowest BCUT2D eigenvalue weighted by atomic mass is 10.1. The van der Waals surface area contributed by atoms with E-state index in [-0.39, 0.29) is 5.91 Å². The van der Waals surface area contributed by atoms with Gasteiger partial charge in [0, 0.05) is 50.6 Å². The maximum absolute atomic E-state index is 12.3. The third-order valence-electron chi connectivity index (χ3n) is 4.33. The van der Waals surface area contributed by atoms with Gasteiger partial charge in [-0.15, -0.1) is 0 Å². The van der Waals surface area contributed by atoms with Crippen molar-refractivity contribution in [3.05, 3.63) is 53.2 Å². The van der Waals surface area contributed by atoms with Crippen LogP contribution in [-0.4, -0.2) is 52.0 Å². The van der Waals surface area contributed by atoms with Crippen molar-refractivity contribution in [2.45, 2.75) is 20.4 Å². The zero-order valence-corrected chi connectivity index (χ0v) is 14.1. The Kier molecular flexibility index (Phi) is 5.05. The van der Waals surface area contributed by atoms with Crippen molar-refractivity contribution in [1.82, 2.24) is 19.9 Å². The van der Waals surface area contributed by atoms with E-state index in [1.165, 1.54) is 0 Å². The number of aromatic nitrogens is 2. The van der Waals surface area contributed by atoms with Gasteiger partial charge in [0.25, 0.3) is 0 Å². The first-order valence-electron chi connectivity index (χ1n) is 8.15. The summed E-state index contributed by atoms with van der Waals surface area (Å²) in [6.07, 6.45) is 5.09. The van der Waals surface area contributed by atoms with Crippen molar-refractivity contribution < 1.29 is 9.32 Å². The number of rotatable bonds is 4. The summed E-state index contributed by atoms with van der Waals surface area (Å²) in [5.41, 5.74) is 2.90. The molecule has 6 nitrogen and oxygen atoms in total. The van der Waals surface area contributed by atoms with Gasteiger partial charge in [0.05, 0.1) is 11.4 Å². The van der Waals surface area contributed by atoms with Gasteiger partial charge in [-0.3, -0.25) is 14.7 Å². The Morgan fingerprint density at radius 1 is 1.25 bits per heavy atom. The average Bonchev–Trinajstić information content (AvgIpc) is 2.93. The molecule has 0 spiro atoms. The standard InChI is InChI=1S/C18H22N4O2/c1-14-17(15(2)24-20-14)13-21-9-11-22(12-10-21)18(23)7-6-16-5-3-4-8-19-16/h3-8H,9-13H2,1-2H3/b7-6+. The molecular formula is C18H22N4O2. The second-order valence-electron chi connectivity index (χ2n) is 5.99. The van der Waals surface area contributed by atoms with Crippen LogP contribution < -0.4 is 0 Å². The van der Waals surface area contributed by atoms with E-state index in [9.17, 15) is 4.79 Å². The largest absolute Gasteiger partial charge is 0.361 e. The normalized spacial score (nSPS) is 16.0. The summed E-state index contributed by atoms with van der Waals surface area (Å²) in [5.74, 6) is 0.918. The van der Waals surface area contributed by atoms with E-state index in [0.717, 1.165) is 55.4 Å². The predicted octanol–water partition coefficient (Wildman–Crippen LogP) is 2.04. The topological polar surface area (TPSA) is 62.5 Å². The van der Waals surface area contributed by atoms with Crippen LogP contribution in [0.1, 0.15) is 22.7 Å². The lowest BCUT2D eigenvalue weighted by Gasteiger charge is -2.34. The van der Waals surface area contributed by atoms with Crippen LogP contribution >= 0.6 is 0 Å². The first-order chi connectivity index (χ1) is 11.6. The van der Waals surface area contributed by atoms with Gasteiger partial charge in [-0.2, -0.15) is 0 Å². The molecule has 126 valence electrons. The Balaban J connectivity index is 1.51. The molecule has 0 unspecified atom stereocenters. The maximum Gasteiger partial charge on any atom is 0.246 e. The van der Waals surface area contributed by atoms with Gasteiger partial charge in [0.2, 0.25) is 5.91 Å². The van der Waals surface area contributed by atoms with Gasteiger partial charge in [-0.1, -0.05) is 11.2 Å². The van der Waals surface area contributed by atoms with E-state index in [1.54, 1.807) is 18.3 Å². The lowest BCUT2D eigenvalue weighted by molar-refractivity contribution is -0.127. The molecule has 1 aliphatic rings. The van der Waals surface area contributed by atoms with Gasteiger partial charge in [-0.05, 0) is 32.1 Å². The summed E-state index contributed by atoms with van der Waals surface area (Å²) < 4.78 is 5.21. The summed E-state index contributed by atoms with van der Waals surface area (Å²) in [5, 5.41) is 4.00. The zero-order valence-electron chi connectivity index (χ0n) is 14.1. The molecule has 1 aliphatic heterocycles. The van der Waals surface area contributed by atoms with Crippen molar-refractivity contribution in [2.75, 3.05) is 26.2 Å². The monoisotopic (exact) mass is 326 g/mol. The summed E-state index contributed by atoms with van der Waals surface area (Å²) in [7, 11) is 0. The van der Waals surface area contributed by atoms with Crippen LogP contribution in [0.3, 0.4) is 0 Å². The van der Waals surface area contributed by atoms with Crippen LogP contribution in [0, 0.1) is 13.8 Å². The molecule has 2 aromatic rings. The average molecular weight is 326 g/mol. The number of pyridine rings is 1. The number of carbonyl (C=O) groups is 1. The molecule has 1 fully saturated rings. The van der Waals surface area contributed by atoms with Gasteiger partial charge in [0.15, 0.2) is 0 Å². The number of hydrogen-bond acceptors (Lipinski definition) is 5. The maximum atomic E-state index is 12.3. The Morgan fingerprint density at radius 3 is 2.67 bits per heavy atom. The Labute approximate surface area is 141 Å².